The number of halogens is 2. The number of nitrogens with one attached hydrogen (secondary N) is 1. The van der Waals surface area contributed by atoms with Gasteiger partial charge in [-0.1, -0.05) is 0 Å². The SMILES string of the molecule is Cn1ncnc1NS(=O)(=O)c1ccc(Br)c(F)c1. The van der Waals surface area contributed by atoms with Crippen LogP contribution in [0.3, 0.4) is 0 Å². The Morgan fingerprint density at radius 2 is 2.17 bits per heavy atom. The molecule has 9 heteroatoms. The van der Waals surface area contributed by atoms with Gasteiger partial charge in [-0.2, -0.15) is 10.1 Å². The van der Waals surface area contributed by atoms with E-state index in [4.69, 9.17) is 0 Å². The maximum absolute atomic E-state index is 13.3. The monoisotopic (exact) mass is 334 g/mol. The first-order chi connectivity index (χ1) is 8.40. The Balaban J connectivity index is 2.37. The molecule has 0 saturated carbocycles. The molecule has 0 aliphatic heterocycles. The van der Waals surface area contributed by atoms with Crippen molar-refractivity contribution in [1.82, 2.24) is 14.8 Å². The van der Waals surface area contributed by atoms with Crippen LogP contribution < -0.4 is 4.72 Å². The van der Waals surface area contributed by atoms with Crippen LogP contribution in [0.5, 0.6) is 0 Å². The van der Waals surface area contributed by atoms with Gasteiger partial charge in [-0.05, 0) is 34.1 Å². The zero-order chi connectivity index (χ0) is 13.3. The highest BCUT2D eigenvalue weighted by atomic mass is 79.9. The number of aryl methyl sites for hydroxylation is 1. The van der Waals surface area contributed by atoms with Gasteiger partial charge in [-0.15, -0.1) is 0 Å². The molecule has 0 aliphatic carbocycles. The average molecular weight is 335 g/mol. The fourth-order valence-corrected chi connectivity index (χ4v) is 2.51. The lowest BCUT2D eigenvalue weighted by Crippen LogP contribution is -2.16. The van der Waals surface area contributed by atoms with Gasteiger partial charge in [0, 0.05) is 7.05 Å². The Labute approximate surface area is 111 Å². The van der Waals surface area contributed by atoms with Gasteiger partial charge in [-0.25, -0.2) is 22.2 Å². The zero-order valence-corrected chi connectivity index (χ0v) is 11.5. The van der Waals surface area contributed by atoms with Crippen molar-refractivity contribution in [2.45, 2.75) is 4.90 Å². The normalized spacial score (nSPS) is 11.5. The Hall–Kier alpha value is -1.48. The van der Waals surface area contributed by atoms with E-state index in [0.717, 1.165) is 6.07 Å². The summed E-state index contributed by atoms with van der Waals surface area (Å²) in [6.07, 6.45) is 1.21. The molecule has 0 unspecified atom stereocenters. The van der Waals surface area contributed by atoms with Crippen LogP contribution in [0.4, 0.5) is 10.3 Å². The van der Waals surface area contributed by atoms with Crippen molar-refractivity contribution in [2.75, 3.05) is 4.72 Å². The highest BCUT2D eigenvalue weighted by Crippen LogP contribution is 2.20. The van der Waals surface area contributed by atoms with Gasteiger partial charge >= 0.3 is 0 Å². The molecule has 0 saturated heterocycles. The summed E-state index contributed by atoms with van der Waals surface area (Å²) < 4.78 is 40.8. The van der Waals surface area contributed by atoms with Crippen molar-refractivity contribution in [2.24, 2.45) is 7.05 Å². The molecule has 0 radical (unpaired) electrons. The lowest BCUT2D eigenvalue weighted by Gasteiger charge is -2.07. The predicted molar refractivity (Wildman–Crippen MR) is 65.9 cm³/mol. The molecule has 6 nitrogen and oxygen atoms in total. The second-order valence-electron chi connectivity index (χ2n) is 3.39. The predicted octanol–water partition coefficient (Wildman–Crippen LogP) is 1.52. The number of nitrogens with zero attached hydrogens (tertiary/aromatic N) is 3. The third-order valence-corrected chi connectivity index (χ3v) is 4.11. The number of rotatable bonds is 3. The van der Waals surface area contributed by atoms with Gasteiger partial charge in [-0.3, -0.25) is 0 Å². The molecule has 1 heterocycles. The highest BCUT2D eigenvalue weighted by molar-refractivity contribution is 9.10. The van der Waals surface area contributed by atoms with Gasteiger partial charge in [0.2, 0.25) is 5.95 Å². The van der Waals surface area contributed by atoms with Crippen LogP contribution in [0.1, 0.15) is 0 Å². The van der Waals surface area contributed by atoms with Crippen LogP contribution in [-0.2, 0) is 17.1 Å². The fourth-order valence-electron chi connectivity index (χ4n) is 1.21. The summed E-state index contributed by atoms with van der Waals surface area (Å²) in [6, 6.07) is 3.52. The number of aromatic nitrogens is 3. The van der Waals surface area contributed by atoms with Crippen LogP contribution in [0.15, 0.2) is 33.9 Å². The van der Waals surface area contributed by atoms with Crippen molar-refractivity contribution >= 4 is 31.9 Å². The summed E-state index contributed by atoms with van der Waals surface area (Å²) >= 11 is 2.95. The van der Waals surface area contributed by atoms with Crippen LogP contribution in [0.25, 0.3) is 0 Å². The quantitative estimate of drug-likeness (QED) is 0.923. The van der Waals surface area contributed by atoms with E-state index in [-0.39, 0.29) is 15.3 Å². The smallest absolute Gasteiger partial charge is 0.247 e. The average Bonchev–Trinajstić information content (AvgIpc) is 2.67. The molecule has 1 N–H and O–H groups in total. The molecule has 0 spiro atoms. The first-order valence-electron chi connectivity index (χ1n) is 4.72. The molecule has 1 aromatic carbocycles. The van der Waals surface area contributed by atoms with Crippen molar-refractivity contribution in [3.05, 3.63) is 34.8 Å². The molecule has 1 aromatic heterocycles. The van der Waals surface area contributed by atoms with E-state index >= 15 is 0 Å². The number of hydrogen-bond acceptors (Lipinski definition) is 4. The van der Waals surface area contributed by atoms with Gasteiger partial charge < -0.3 is 0 Å². The molecule has 96 valence electrons. The maximum Gasteiger partial charge on any atom is 0.264 e. The van der Waals surface area contributed by atoms with E-state index in [0.29, 0.717) is 0 Å². The number of hydrogen-bond donors (Lipinski definition) is 1. The van der Waals surface area contributed by atoms with Crippen LogP contribution in [-0.4, -0.2) is 23.2 Å². The Morgan fingerprint density at radius 3 is 2.72 bits per heavy atom. The van der Waals surface area contributed by atoms with Gasteiger partial charge in [0.1, 0.15) is 12.1 Å². The molecule has 0 fully saturated rings. The minimum absolute atomic E-state index is 0.0540. The molecule has 0 bridgehead atoms. The second kappa shape index (κ2) is 4.65. The molecule has 18 heavy (non-hydrogen) atoms. The van der Waals surface area contributed by atoms with Crippen molar-refractivity contribution in [3.8, 4) is 0 Å². The van der Waals surface area contributed by atoms with Crippen LogP contribution in [0.2, 0.25) is 0 Å². The topological polar surface area (TPSA) is 76.9 Å². The molecular formula is C9H8BrFN4O2S. The molecule has 0 aliphatic rings. The Kier molecular flexibility index (Phi) is 3.35. The number of anilines is 1. The molecular weight excluding hydrogens is 327 g/mol. The summed E-state index contributed by atoms with van der Waals surface area (Å²) in [5.74, 6) is -0.603. The summed E-state index contributed by atoms with van der Waals surface area (Å²) in [5, 5.41) is 3.72. The minimum atomic E-state index is -3.88. The van der Waals surface area contributed by atoms with E-state index in [1.807, 2.05) is 0 Å². The second-order valence-corrected chi connectivity index (χ2v) is 5.93. The Bertz CT molecular complexity index is 686. The third kappa shape index (κ3) is 2.51. The fraction of sp³-hybridized carbons (Fsp3) is 0.111. The Morgan fingerprint density at radius 1 is 1.44 bits per heavy atom. The summed E-state index contributed by atoms with van der Waals surface area (Å²) in [6.45, 7) is 0. The summed E-state index contributed by atoms with van der Waals surface area (Å²) in [4.78, 5) is 3.54. The first-order valence-corrected chi connectivity index (χ1v) is 6.99. The largest absolute Gasteiger partial charge is 0.264 e. The number of sulfonamides is 1. The summed E-state index contributed by atoms with van der Waals surface area (Å²) in [5.41, 5.74) is 0. The van der Waals surface area contributed by atoms with E-state index < -0.39 is 15.8 Å². The lowest BCUT2D eigenvalue weighted by atomic mass is 10.3. The standard InChI is InChI=1S/C9H8BrFN4O2S/c1-15-9(12-5-13-15)14-18(16,17)6-2-3-7(10)8(11)4-6/h2-5H,1H3,(H,12,13,14). The van der Waals surface area contributed by atoms with E-state index in [1.165, 1.54) is 30.2 Å². The minimum Gasteiger partial charge on any atom is -0.247 e. The third-order valence-electron chi connectivity index (χ3n) is 2.14. The van der Waals surface area contributed by atoms with Gasteiger partial charge in [0.15, 0.2) is 0 Å². The summed E-state index contributed by atoms with van der Waals surface area (Å²) in [7, 11) is -2.34. The molecule has 0 atom stereocenters. The van der Waals surface area contributed by atoms with Crippen molar-refractivity contribution in [3.63, 3.8) is 0 Å². The van der Waals surface area contributed by atoms with Gasteiger partial charge in [0.25, 0.3) is 10.0 Å². The highest BCUT2D eigenvalue weighted by Gasteiger charge is 2.18. The lowest BCUT2D eigenvalue weighted by molar-refractivity contribution is 0.593. The number of benzene rings is 1. The zero-order valence-electron chi connectivity index (χ0n) is 9.13. The van der Waals surface area contributed by atoms with Crippen molar-refractivity contribution < 1.29 is 12.8 Å². The van der Waals surface area contributed by atoms with Gasteiger partial charge in [0.05, 0.1) is 9.37 Å². The molecule has 2 rings (SSSR count). The van der Waals surface area contributed by atoms with E-state index in [9.17, 15) is 12.8 Å². The maximum atomic E-state index is 13.3. The van der Waals surface area contributed by atoms with E-state index in [2.05, 4.69) is 30.7 Å². The molecule has 2 aromatic rings. The molecule has 0 amide bonds. The first kappa shape index (κ1) is 13.0. The van der Waals surface area contributed by atoms with Crippen LogP contribution in [0, 0.1) is 5.82 Å². The van der Waals surface area contributed by atoms with Crippen molar-refractivity contribution in [1.29, 1.82) is 0 Å². The van der Waals surface area contributed by atoms with Crippen LogP contribution >= 0.6 is 15.9 Å². The van der Waals surface area contributed by atoms with E-state index in [1.54, 1.807) is 0 Å².